The van der Waals surface area contributed by atoms with Crippen molar-refractivity contribution in [3.8, 4) is 5.75 Å². The number of carbonyl (C=O) groups is 3. The summed E-state index contributed by atoms with van der Waals surface area (Å²) in [6.45, 7) is 4.47. The van der Waals surface area contributed by atoms with E-state index >= 15 is 0 Å². The smallest absolute Gasteiger partial charge is 0.350 e. The third kappa shape index (κ3) is 5.45. The van der Waals surface area contributed by atoms with Crippen molar-refractivity contribution in [2.24, 2.45) is 5.73 Å². The zero-order chi connectivity index (χ0) is 20.2. The number of nitrogens with one attached hydrogen (secondary N) is 1. The number of benzene rings is 1. The number of hydrogen-bond donors (Lipinski definition) is 2. The maximum absolute atomic E-state index is 12.4. The van der Waals surface area contributed by atoms with E-state index < -0.39 is 29.5 Å². The Morgan fingerprint density at radius 2 is 1.81 bits per heavy atom. The second-order valence-electron chi connectivity index (χ2n) is 6.13. The predicted octanol–water partition coefficient (Wildman–Crippen LogP) is 3.23. The standard InChI is InChI=1S/C18H19ClN2O5S/c1-10(15(23)21-16-13(14(20)22)8-9-27-16)25-17(24)18(2,3)26-12-6-4-11(19)5-7-12/h4-10H,1-3H3,(H2,20,22)(H,21,23). The van der Waals surface area contributed by atoms with Gasteiger partial charge in [0.25, 0.3) is 11.8 Å². The van der Waals surface area contributed by atoms with E-state index in [1.807, 2.05) is 0 Å². The van der Waals surface area contributed by atoms with E-state index in [-0.39, 0.29) is 5.56 Å². The van der Waals surface area contributed by atoms with E-state index in [0.717, 1.165) is 11.3 Å². The molecule has 2 amide bonds. The van der Waals surface area contributed by atoms with E-state index in [9.17, 15) is 14.4 Å². The number of carbonyl (C=O) groups excluding carboxylic acids is 3. The highest BCUT2D eigenvalue weighted by Gasteiger charge is 2.34. The van der Waals surface area contributed by atoms with Gasteiger partial charge in [0.1, 0.15) is 10.8 Å². The molecule has 2 aromatic rings. The average molecular weight is 411 g/mol. The van der Waals surface area contributed by atoms with Crippen molar-refractivity contribution < 1.29 is 23.9 Å². The van der Waals surface area contributed by atoms with Gasteiger partial charge in [0.05, 0.1) is 5.56 Å². The normalized spacial score (nSPS) is 12.1. The molecular formula is C18H19ClN2O5S. The van der Waals surface area contributed by atoms with Crippen LogP contribution < -0.4 is 15.8 Å². The molecule has 0 spiro atoms. The number of nitrogens with two attached hydrogens (primary N) is 1. The summed E-state index contributed by atoms with van der Waals surface area (Å²) in [5.74, 6) is -1.53. The SMILES string of the molecule is CC(OC(=O)C(C)(C)Oc1ccc(Cl)cc1)C(=O)Nc1sccc1C(N)=O. The second kappa shape index (κ2) is 8.41. The maximum Gasteiger partial charge on any atom is 0.350 e. The number of anilines is 1. The largest absolute Gasteiger partial charge is 0.476 e. The average Bonchev–Trinajstić information content (AvgIpc) is 3.05. The minimum atomic E-state index is -1.33. The third-order valence-electron chi connectivity index (χ3n) is 3.50. The van der Waals surface area contributed by atoms with Gasteiger partial charge in [-0.15, -0.1) is 11.3 Å². The lowest BCUT2D eigenvalue weighted by Gasteiger charge is -2.26. The number of amides is 2. The maximum atomic E-state index is 12.4. The van der Waals surface area contributed by atoms with Crippen LogP contribution in [0, 0.1) is 0 Å². The molecule has 3 N–H and O–H groups in total. The van der Waals surface area contributed by atoms with E-state index in [1.165, 1.54) is 26.8 Å². The van der Waals surface area contributed by atoms with Crippen LogP contribution in [0.25, 0.3) is 0 Å². The van der Waals surface area contributed by atoms with Crippen LogP contribution in [0.2, 0.25) is 5.02 Å². The molecule has 7 nitrogen and oxygen atoms in total. The fourth-order valence-corrected chi connectivity index (χ4v) is 2.93. The first-order chi connectivity index (χ1) is 12.6. The molecule has 1 aromatic heterocycles. The van der Waals surface area contributed by atoms with Crippen molar-refractivity contribution in [2.75, 3.05) is 5.32 Å². The topological polar surface area (TPSA) is 108 Å². The molecule has 0 aliphatic heterocycles. The van der Waals surface area contributed by atoms with Crippen molar-refractivity contribution in [1.29, 1.82) is 0 Å². The zero-order valence-electron chi connectivity index (χ0n) is 14.9. The molecule has 1 heterocycles. The van der Waals surface area contributed by atoms with E-state index in [4.69, 9.17) is 26.8 Å². The zero-order valence-corrected chi connectivity index (χ0v) is 16.5. The molecule has 9 heteroatoms. The van der Waals surface area contributed by atoms with E-state index in [0.29, 0.717) is 15.8 Å². The van der Waals surface area contributed by atoms with Crippen LogP contribution in [0.1, 0.15) is 31.1 Å². The number of hydrogen-bond acceptors (Lipinski definition) is 6. The van der Waals surface area contributed by atoms with Crippen LogP contribution in [0.3, 0.4) is 0 Å². The van der Waals surface area contributed by atoms with Crippen LogP contribution in [0.15, 0.2) is 35.7 Å². The summed E-state index contributed by atoms with van der Waals surface area (Å²) in [5.41, 5.74) is 4.10. The summed E-state index contributed by atoms with van der Waals surface area (Å²) in [5, 5.41) is 4.99. The van der Waals surface area contributed by atoms with Gasteiger partial charge in [-0.2, -0.15) is 0 Å². The number of ether oxygens (including phenoxy) is 2. The Kier molecular flexibility index (Phi) is 6.45. The van der Waals surface area contributed by atoms with Gasteiger partial charge in [0, 0.05) is 5.02 Å². The molecule has 0 aliphatic rings. The Hall–Kier alpha value is -2.58. The third-order valence-corrected chi connectivity index (χ3v) is 4.58. The number of esters is 1. The highest BCUT2D eigenvalue weighted by molar-refractivity contribution is 7.14. The lowest BCUT2D eigenvalue weighted by molar-refractivity contribution is -0.166. The first kappa shape index (κ1) is 20.7. The Balaban J connectivity index is 1.98. The summed E-state index contributed by atoms with van der Waals surface area (Å²) in [4.78, 5) is 36.0. The van der Waals surface area contributed by atoms with Crippen molar-refractivity contribution in [3.63, 3.8) is 0 Å². The molecule has 27 heavy (non-hydrogen) atoms. The summed E-state index contributed by atoms with van der Waals surface area (Å²) in [6.07, 6.45) is -1.10. The highest BCUT2D eigenvalue weighted by Crippen LogP contribution is 2.24. The summed E-state index contributed by atoms with van der Waals surface area (Å²) in [7, 11) is 0. The minimum absolute atomic E-state index is 0.193. The number of primary amides is 1. The molecule has 0 radical (unpaired) electrons. The van der Waals surface area contributed by atoms with Crippen molar-refractivity contribution in [1.82, 2.24) is 0 Å². The van der Waals surface area contributed by atoms with Crippen LogP contribution in [0.5, 0.6) is 5.75 Å². The Bertz CT molecular complexity index is 848. The van der Waals surface area contributed by atoms with E-state index in [2.05, 4.69) is 5.32 Å². The molecular weight excluding hydrogens is 392 g/mol. The molecule has 0 saturated carbocycles. The van der Waals surface area contributed by atoms with Gasteiger partial charge in [-0.3, -0.25) is 9.59 Å². The van der Waals surface area contributed by atoms with Gasteiger partial charge < -0.3 is 20.5 Å². The molecule has 1 aromatic carbocycles. The highest BCUT2D eigenvalue weighted by atomic mass is 35.5. The first-order valence-electron chi connectivity index (χ1n) is 7.94. The first-order valence-corrected chi connectivity index (χ1v) is 9.19. The van der Waals surface area contributed by atoms with Crippen molar-refractivity contribution in [2.45, 2.75) is 32.5 Å². The second-order valence-corrected chi connectivity index (χ2v) is 7.48. The van der Waals surface area contributed by atoms with Crippen molar-refractivity contribution in [3.05, 3.63) is 46.3 Å². The van der Waals surface area contributed by atoms with Gasteiger partial charge >= 0.3 is 5.97 Å². The van der Waals surface area contributed by atoms with Crippen LogP contribution in [0.4, 0.5) is 5.00 Å². The fraction of sp³-hybridized carbons (Fsp3) is 0.278. The van der Waals surface area contributed by atoms with Crippen LogP contribution in [-0.4, -0.2) is 29.5 Å². The molecule has 1 unspecified atom stereocenters. The molecule has 0 bridgehead atoms. The molecule has 2 rings (SSSR count). The lowest BCUT2D eigenvalue weighted by atomic mass is 10.1. The monoisotopic (exact) mass is 410 g/mol. The fourth-order valence-electron chi connectivity index (χ4n) is 2.01. The predicted molar refractivity (Wildman–Crippen MR) is 103 cm³/mol. The van der Waals surface area contributed by atoms with Gasteiger partial charge in [-0.1, -0.05) is 11.6 Å². The van der Waals surface area contributed by atoms with Gasteiger partial charge in [0.2, 0.25) is 0 Å². The number of halogens is 1. The quantitative estimate of drug-likeness (QED) is 0.681. The lowest BCUT2D eigenvalue weighted by Crippen LogP contribution is -2.43. The minimum Gasteiger partial charge on any atom is -0.476 e. The summed E-state index contributed by atoms with van der Waals surface area (Å²) in [6, 6.07) is 8.01. The Labute approximate surface area is 165 Å². The number of thiophene rings is 1. The Morgan fingerprint density at radius 3 is 2.41 bits per heavy atom. The number of rotatable bonds is 7. The van der Waals surface area contributed by atoms with Gasteiger partial charge in [-0.25, -0.2) is 4.79 Å². The summed E-state index contributed by atoms with van der Waals surface area (Å²) >= 11 is 6.96. The molecule has 0 fully saturated rings. The Morgan fingerprint density at radius 1 is 1.19 bits per heavy atom. The molecule has 144 valence electrons. The van der Waals surface area contributed by atoms with Gasteiger partial charge in [0.15, 0.2) is 11.7 Å². The molecule has 0 aliphatic carbocycles. The van der Waals surface area contributed by atoms with Crippen molar-refractivity contribution >= 4 is 45.7 Å². The summed E-state index contributed by atoms with van der Waals surface area (Å²) < 4.78 is 10.8. The van der Waals surface area contributed by atoms with Gasteiger partial charge in [-0.05, 0) is 56.5 Å². The molecule has 1 atom stereocenters. The molecule has 0 saturated heterocycles. The van der Waals surface area contributed by atoms with E-state index in [1.54, 1.807) is 29.6 Å². The van der Waals surface area contributed by atoms with Crippen LogP contribution >= 0.6 is 22.9 Å². The van der Waals surface area contributed by atoms with Crippen LogP contribution in [-0.2, 0) is 14.3 Å².